The van der Waals surface area contributed by atoms with Crippen molar-refractivity contribution < 1.29 is 4.21 Å². The molecule has 1 aliphatic rings. The lowest BCUT2D eigenvalue weighted by Gasteiger charge is -2.26. The second kappa shape index (κ2) is 5.49. The highest BCUT2D eigenvalue weighted by Crippen LogP contribution is 2.25. The number of pyridine rings is 1. The van der Waals surface area contributed by atoms with Crippen molar-refractivity contribution in [1.82, 2.24) is 4.98 Å². The Morgan fingerprint density at radius 3 is 2.76 bits per heavy atom. The molecule has 0 atom stereocenters. The molecular weight excluding hydrogens is 234 g/mol. The van der Waals surface area contributed by atoms with Gasteiger partial charge in [-0.2, -0.15) is 0 Å². The Labute approximate surface area is 105 Å². The Morgan fingerprint density at radius 2 is 2.12 bits per heavy atom. The average Bonchev–Trinajstić information content (AvgIpc) is 2.32. The molecule has 1 aromatic rings. The van der Waals surface area contributed by atoms with Crippen LogP contribution in [-0.4, -0.2) is 40.8 Å². The Hall–Kier alpha value is -1.10. The zero-order valence-corrected chi connectivity index (χ0v) is 11.2. The summed E-state index contributed by atoms with van der Waals surface area (Å²) in [6, 6.07) is 2.43. The van der Waals surface area contributed by atoms with Crippen molar-refractivity contribution >= 4 is 22.2 Å². The van der Waals surface area contributed by atoms with E-state index in [9.17, 15) is 4.21 Å². The molecule has 1 aromatic heterocycles. The molecule has 17 heavy (non-hydrogen) atoms. The van der Waals surface area contributed by atoms with Crippen LogP contribution in [0.25, 0.3) is 0 Å². The van der Waals surface area contributed by atoms with Crippen LogP contribution in [-0.2, 0) is 10.8 Å². The lowest BCUT2D eigenvalue weighted by molar-refractivity contribution is 0.624. The molecule has 0 amide bonds. The molecule has 2 rings (SSSR count). The molecule has 1 aliphatic heterocycles. The molecule has 94 valence electrons. The van der Waals surface area contributed by atoms with Gasteiger partial charge >= 0.3 is 0 Å². The molecule has 1 N–H and O–H groups in total. The van der Waals surface area contributed by atoms with Crippen LogP contribution in [0.4, 0.5) is 11.4 Å². The maximum absolute atomic E-state index is 11.3. The quantitative estimate of drug-likeness (QED) is 0.886. The van der Waals surface area contributed by atoms with Gasteiger partial charge in [0.15, 0.2) is 0 Å². The van der Waals surface area contributed by atoms with Crippen LogP contribution in [0.2, 0.25) is 0 Å². The van der Waals surface area contributed by atoms with Crippen LogP contribution < -0.4 is 10.2 Å². The fourth-order valence-corrected chi connectivity index (χ4v) is 3.35. The summed E-state index contributed by atoms with van der Waals surface area (Å²) < 4.78 is 11.3. The van der Waals surface area contributed by atoms with Gasteiger partial charge in [0.1, 0.15) is 0 Å². The molecule has 5 heteroatoms. The zero-order valence-electron chi connectivity index (χ0n) is 10.3. The topological polar surface area (TPSA) is 45.2 Å². The van der Waals surface area contributed by atoms with E-state index >= 15 is 0 Å². The number of hydrogen-bond acceptors (Lipinski definition) is 4. The first-order valence-electron chi connectivity index (χ1n) is 5.89. The van der Waals surface area contributed by atoms with Gasteiger partial charge < -0.3 is 10.2 Å². The van der Waals surface area contributed by atoms with Crippen LogP contribution in [0, 0.1) is 0 Å². The first-order valence-corrected chi connectivity index (χ1v) is 7.38. The van der Waals surface area contributed by atoms with Gasteiger partial charge in [0.25, 0.3) is 0 Å². The van der Waals surface area contributed by atoms with E-state index in [2.05, 4.69) is 15.2 Å². The van der Waals surface area contributed by atoms with Crippen molar-refractivity contribution in [2.45, 2.75) is 18.9 Å². The summed E-state index contributed by atoms with van der Waals surface area (Å²) in [6.07, 6.45) is 5.63. The Kier molecular flexibility index (Phi) is 3.99. The van der Waals surface area contributed by atoms with Crippen LogP contribution >= 0.6 is 0 Å². The summed E-state index contributed by atoms with van der Waals surface area (Å²) in [5, 5.41) is 3.51. The van der Waals surface area contributed by atoms with Crippen LogP contribution in [0.1, 0.15) is 12.8 Å². The molecule has 0 spiro atoms. The largest absolute Gasteiger partial charge is 0.379 e. The molecule has 0 unspecified atom stereocenters. The number of aromatic nitrogens is 1. The van der Waals surface area contributed by atoms with Crippen molar-refractivity contribution in [2.24, 2.45) is 0 Å². The van der Waals surface area contributed by atoms with Gasteiger partial charge in [-0.15, -0.1) is 0 Å². The molecule has 1 saturated heterocycles. The highest BCUT2D eigenvalue weighted by atomic mass is 32.2. The molecular formula is C12H19N3OS. The van der Waals surface area contributed by atoms with Gasteiger partial charge in [-0.25, -0.2) is 0 Å². The second-order valence-electron chi connectivity index (χ2n) is 4.55. The zero-order chi connectivity index (χ0) is 12.3. The van der Waals surface area contributed by atoms with E-state index in [1.165, 1.54) is 0 Å². The molecule has 2 heterocycles. The molecule has 1 fully saturated rings. The molecule has 0 bridgehead atoms. The lowest BCUT2D eigenvalue weighted by atomic mass is 10.1. The van der Waals surface area contributed by atoms with Crippen LogP contribution in [0.5, 0.6) is 0 Å². The van der Waals surface area contributed by atoms with Crippen molar-refractivity contribution in [3.8, 4) is 0 Å². The number of hydrogen-bond donors (Lipinski definition) is 1. The average molecular weight is 253 g/mol. The van der Waals surface area contributed by atoms with Crippen LogP contribution in [0.3, 0.4) is 0 Å². The van der Waals surface area contributed by atoms with E-state index in [1.807, 2.05) is 26.4 Å². The van der Waals surface area contributed by atoms with Crippen LogP contribution in [0.15, 0.2) is 18.5 Å². The number of anilines is 2. The third kappa shape index (κ3) is 3.19. The fourth-order valence-electron chi connectivity index (χ4n) is 2.05. The standard InChI is InChI=1S/C12H19N3OS/c1-15(2)12-3-6-13-9-11(12)14-10-4-7-17(16)8-5-10/h3,6,9-10,14H,4-5,7-8H2,1-2H3. The smallest absolute Gasteiger partial charge is 0.0766 e. The molecule has 0 radical (unpaired) electrons. The first-order chi connectivity index (χ1) is 8.16. The predicted octanol–water partition coefficient (Wildman–Crippen LogP) is 1.47. The summed E-state index contributed by atoms with van der Waals surface area (Å²) in [6.45, 7) is 0. The summed E-state index contributed by atoms with van der Waals surface area (Å²) in [5.74, 6) is 1.63. The monoisotopic (exact) mass is 253 g/mol. The van der Waals surface area contributed by atoms with Gasteiger partial charge in [-0.1, -0.05) is 0 Å². The van der Waals surface area contributed by atoms with Gasteiger partial charge in [0.05, 0.1) is 17.6 Å². The van der Waals surface area contributed by atoms with Gasteiger partial charge in [0.2, 0.25) is 0 Å². The maximum Gasteiger partial charge on any atom is 0.0766 e. The Bertz CT molecular complexity index is 398. The van der Waals surface area contributed by atoms with E-state index in [1.54, 1.807) is 6.20 Å². The minimum Gasteiger partial charge on any atom is -0.379 e. The highest BCUT2D eigenvalue weighted by molar-refractivity contribution is 7.85. The first kappa shape index (κ1) is 12.4. The van der Waals surface area contributed by atoms with Gasteiger partial charge in [-0.05, 0) is 18.9 Å². The predicted molar refractivity (Wildman–Crippen MR) is 73.1 cm³/mol. The molecule has 0 saturated carbocycles. The lowest BCUT2D eigenvalue weighted by Crippen LogP contribution is -2.30. The molecule has 0 aliphatic carbocycles. The van der Waals surface area contributed by atoms with E-state index in [0.717, 1.165) is 35.7 Å². The summed E-state index contributed by atoms with van der Waals surface area (Å²) in [5.41, 5.74) is 2.21. The normalized spacial score (nSPS) is 24.4. The minimum absolute atomic E-state index is 0.426. The van der Waals surface area contributed by atoms with E-state index in [-0.39, 0.29) is 0 Å². The summed E-state index contributed by atoms with van der Waals surface area (Å²) >= 11 is 0. The van der Waals surface area contributed by atoms with Crippen molar-refractivity contribution in [3.63, 3.8) is 0 Å². The summed E-state index contributed by atoms with van der Waals surface area (Å²) in [4.78, 5) is 6.23. The number of nitrogens with zero attached hydrogens (tertiary/aromatic N) is 2. The fraction of sp³-hybridized carbons (Fsp3) is 0.583. The molecule has 0 aromatic carbocycles. The van der Waals surface area contributed by atoms with E-state index < -0.39 is 10.8 Å². The second-order valence-corrected chi connectivity index (χ2v) is 6.25. The van der Waals surface area contributed by atoms with E-state index in [0.29, 0.717) is 6.04 Å². The van der Waals surface area contributed by atoms with Crippen molar-refractivity contribution in [1.29, 1.82) is 0 Å². The van der Waals surface area contributed by atoms with Gasteiger partial charge in [-0.3, -0.25) is 9.19 Å². The van der Waals surface area contributed by atoms with E-state index in [4.69, 9.17) is 0 Å². The summed E-state index contributed by atoms with van der Waals surface area (Å²) in [7, 11) is 3.45. The Balaban J connectivity index is 2.05. The maximum atomic E-state index is 11.3. The SMILES string of the molecule is CN(C)c1ccncc1NC1CCS(=O)CC1. The van der Waals surface area contributed by atoms with Crippen molar-refractivity contribution in [3.05, 3.63) is 18.5 Å². The third-order valence-corrected chi connectivity index (χ3v) is 4.41. The highest BCUT2D eigenvalue weighted by Gasteiger charge is 2.18. The minimum atomic E-state index is -0.599. The van der Waals surface area contributed by atoms with Gasteiger partial charge in [0, 0.05) is 48.6 Å². The number of rotatable bonds is 3. The molecule has 4 nitrogen and oxygen atoms in total. The number of nitrogens with one attached hydrogen (secondary N) is 1. The van der Waals surface area contributed by atoms with Crippen molar-refractivity contribution in [2.75, 3.05) is 35.8 Å². The Morgan fingerprint density at radius 1 is 1.41 bits per heavy atom. The third-order valence-electron chi connectivity index (χ3n) is 3.03.